The Bertz CT molecular complexity index is 477. The molecule has 0 amide bonds. The smallest absolute Gasteiger partial charge is 0.109 e. The summed E-state index contributed by atoms with van der Waals surface area (Å²) < 4.78 is 0. The summed E-state index contributed by atoms with van der Waals surface area (Å²) in [6.07, 6.45) is 7.32. The molecule has 4 heteroatoms. The second-order valence-corrected chi connectivity index (χ2v) is 5.67. The number of nitrogens with two attached hydrogens (primary N) is 1. The second-order valence-electron chi connectivity index (χ2n) is 5.67. The maximum Gasteiger partial charge on any atom is 0.109 e. The minimum atomic E-state index is 0.0467. The van der Waals surface area contributed by atoms with Crippen LogP contribution in [0.3, 0.4) is 0 Å². The Balaban J connectivity index is 2.32. The van der Waals surface area contributed by atoms with Crippen molar-refractivity contribution in [2.45, 2.75) is 38.0 Å². The number of hydrogen-bond donors (Lipinski definition) is 3. The van der Waals surface area contributed by atoms with Gasteiger partial charge in [0.15, 0.2) is 0 Å². The lowest BCUT2D eigenvalue weighted by atomic mass is 9.76. The van der Waals surface area contributed by atoms with E-state index < -0.39 is 0 Å². The Morgan fingerprint density at radius 2 is 2.05 bits per heavy atom. The van der Waals surface area contributed by atoms with E-state index in [2.05, 4.69) is 6.07 Å². The van der Waals surface area contributed by atoms with Gasteiger partial charge in [0, 0.05) is 18.7 Å². The average molecular weight is 272 g/mol. The Kier molecular flexibility index (Phi) is 4.77. The van der Waals surface area contributed by atoms with Crippen LogP contribution in [0.25, 0.3) is 0 Å². The van der Waals surface area contributed by atoms with E-state index in [1.54, 1.807) is 11.9 Å². The van der Waals surface area contributed by atoms with Gasteiger partial charge in [0.1, 0.15) is 5.84 Å². The molecule has 0 saturated heterocycles. The third-order valence-corrected chi connectivity index (χ3v) is 4.26. The zero-order valence-electron chi connectivity index (χ0n) is 12.1. The van der Waals surface area contributed by atoms with E-state index >= 15 is 0 Å². The molecule has 0 bridgehead atoms. The molecule has 1 aromatic rings. The van der Waals surface area contributed by atoms with Crippen LogP contribution in [-0.4, -0.2) is 24.1 Å². The van der Waals surface area contributed by atoms with Gasteiger partial charge < -0.3 is 10.6 Å². The normalized spacial score (nSPS) is 17.4. The molecule has 1 atom stereocenters. The number of benzene rings is 1. The van der Waals surface area contributed by atoms with Crippen molar-refractivity contribution in [1.29, 1.82) is 10.8 Å². The van der Waals surface area contributed by atoms with Gasteiger partial charge in [-0.15, -0.1) is 0 Å². The topological polar surface area (TPSA) is 77.0 Å². The van der Waals surface area contributed by atoms with Crippen LogP contribution < -0.4 is 5.73 Å². The first-order valence-electron chi connectivity index (χ1n) is 7.30. The number of likely N-dealkylation sites (N-methyl/N-ethyl adjacent to an activating group) is 1. The fraction of sp³-hybridized carbons (Fsp3) is 0.500. The van der Waals surface area contributed by atoms with Gasteiger partial charge in [-0.25, -0.2) is 0 Å². The number of anilines is 1. The highest BCUT2D eigenvalue weighted by Gasteiger charge is 2.30. The molecule has 1 aromatic carbocycles. The highest BCUT2D eigenvalue weighted by atomic mass is 15.1. The summed E-state index contributed by atoms with van der Waals surface area (Å²) in [6, 6.07) is 7.87. The van der Waals surface area contributed by atoms with Gasteiger partial charge in [0.25, 0.3) is 0 Å². The van der Waals surface area contributed by atoms with E-state index in [1.807, 2.05) is 18.2 Å². The molecule has 2 rings (SSSR count). The van der Waals surface area contributed by atoms with Crippen molar-refractivity contribution in [3.05, 3.63) is 29.8 Å². The van der Waals surface area contributed by atoms with E-state index in [9.17, 15) is 0 Å². The molecule has 1 unspecified atom stereocenters. The first-order chi connectivity index (χ1) is 9.63. The Hall–Kier alpha value is -1.84. The van der Waals surface area contributed by atoms with Crippen molar-refractivity contribution in [1.82, 2.24) is 4.90 Å². The van der Waals surface area contributed by atoms with E-state index in [1.165, 1.54) is 25.6 Å². The standard InChI is InChI=1S/C16H24N4/c1-20(11-17)16(19)15(12-6-3-2-4-7-12)13-8-5-9-14(18)10-13/h5,8-12,15,17,19H,2-4,6-7,18H2,1H3. The van der Waals surface area contributed by atoms with Crippen LogP contribution in [0.2, 0.25) is 0 Å². The van der Waals surface area contributed by atoms with E-state index in [-0.39, 0.29) is 5.92 Å². The molecule has 1 saturated carbocycles. The Morgan fingerprint density at radius 3 is 2.65 bits per heavy atom. The molecule has 0 aromatic heterocycles. The van der Waals surface area contributed by atoms with Crippen LogP contribution in [0, 0.1) is 16.7 Å². The van der Waals surface area contributed by atoms with Gasteiger partial charge in [-0.3, -0.25) is 10.8 Å². The largest absolute Gasteiger partial charge is 0.399 e. The summed E-state index contributed by atoms with van der Waals surface area (Å²) >= 11 is 0. The molecular weight excluding hydrogens is 248 g/mol. The SMILES string of the molecule is CN(C=N)C(=N)C(c1cccc(N)c1)C1CCCCC1. The molecule has 0 radical (unpaired) electrons. The van der Waals surface area contributed by atoms with Crippen LogP contribution in [0.4, 0.5) is 5.69 Å². The lowest BCUT2D eigenvalue weighted by molar-refractivity contribution is 0.334. The number of hydrogen-bond acceptors (Lipinski definition) is 3. The highest BCUT2D eigenvalue weighted by molar-refractivity contribution is 5.94. The van der Waals surface area contributed by atoms with Gasteiger partial charge in [-0.1, -0.05) is 31.4 Å². The molecule has 20 heavy (non-hydrogen) atoms. The minimum Gasteiger partial charge on any atom is -0.399 e. The minimum absolute atomic E-state index is 0.0467. The van der Waals surface area contributed by atoms with E-state index in [0.717, 1.165) is 24.1 Å². The predicted octanol–water partition coefficient (Wildman–Crippen LogP) is 3.45. The van der Waals surface area contributed by atoms with Gasteiger partial charge >= 0.3 is 0 Å². The van der Waals surface area contributed by atoms with Crippen molar-refractivity contribution < 1.29 is 0 Å². The average Bonchev–Trinajstić information content (AvgIpc) is 2.48. The molecule has 4 N–H and O–H groups in total. The predicted molar refractivity (Wildman–Crippen MR) is 84.4 cm³/mol. The summed E-state index contributed by atoms with van der Waals surface area (Å²) in [6.45, 7) is 0. The highest BCUT2D eigenvalue weighted by Crippen LogP contribution is 2.37. The van der Waals surface area contributed by atoms with Gasteiger partial charge in [0.2, 0.25) is 0 Å². The second kappa shape index (κ2) is 6.55. The molecule has 108 valence electrons. The number of nitrogens with zero attached hydrogens (tertiary/aromatic N) is 1. The number of amidine groups is 1. The fourth-order valence-corrected chi connectivity index (χ4v) is 3.16. The van der Waals surface area contributed by atoms with Crippen LogP contribution in [0.15, 0.2) is 24.3 Å². The van der Waals surface area contributed by atoms with Crippen molar-refractivity contribution in [3.63, 3.8) is 0 Å². The molecule has 0 heterocycles. The molecule has 1 fully saturated rings. The van der Waals surface area contributed by atoms with Crippen LogP contribution in [0.1, 0.15) is 43.6 Å². The molecule has 1 aliphatic carbocycles. The maximum absolute atomic E-state index is 8.43. The van der Waals surface area contributed by atoms with Gasteiger partial charge in [0.05, 0.1) is 6.34 Å². The molecule has 1 aliphatic rings. The zero-order chi connectivity index (χ0) is 14.5. The third kappa shape index (κ3) is 3.18. The monoisotopic (exact) mass is 272 g/mol. The number of nitrogen functional groups attached to an aromatic ring is 1. The molecule has 4 nitrogen and oxygen atoms in total. The maximum atomic E-state index is 8.43. The first-order valence-corrected chi connectivity index (χ1v) is 7.30. The summed E-state index contributed by atoms with van der Waals surface area (Å²) in [5.74, 6) is 1.03. The lowest BCUT2D eigenvalue weighted by Crippen LogP contribution is -2.34. The van der Waals surface area contributed by atoms with Crippen LogP contribution in [-0.2, 0) is 0 Å². The Labute approximate surface area is 121 Å². The van der Waals surface area contributed by atoms with Crippen LogP contribution in [0.5, 0.6) is 0 Å². The van der Waals surface area contributed by atoms with E-state index in [0.29, 0.717) is 11.8 Å². The van der Waals surface area contributed by atoms with Crippen molar-refractivity contribution in [2.24, 2.45) is 5.92 Å². The summed E-state index contributed by atoms with van der Waals surface area (Å²) in [5.41, 5.74) is 7.76. The number of nitrogens with one attached hydrogen (secondary N) is 2. The molecular formula is C16H24N4. The third-order valence-electron chi connectivity index (χ3n) is 4.26. The van der Waals surface area contributed by atoms with Crippen molar-refractivity contribution in [3.8, 4) is 0 Å². The summed E-state index contributed by atoms with van der Waals surface area (Å²) in [4.78, 5) is 1.60. The quantitative estimate of drug-likeness (QED) is 0.446. The van der Waals surface area contributed by atoms with Gasteiger partial charge in [-0.05, 0) is 36.5 Å². The Morgan fingerprint density at radius 1 is 1.35 bits per heavy atom. The fourth-order valence-electron chi connectivity index (χ4n) is 3.16. The molecule has 0 spiro atoms. The van der Waals surface area contributed by atoms with E-state index in [4.69, 9.17) is 16.6 Å². The zero-order valence-corrected chi connectivity index (χ0v) is 12.1. The van der Waals surface area contributed by atoms with Gasteiger partial charge in [-0.2, -0.15) is 0 Å². The molecule has 0 aliphatic heterocycles. The van der Waals surface area contributed by atoms with Crippen LogP contribution >= 0.6 is 0 Å². The summed E-state index contributed by atoms with van der Waals surface area (Å²) in [5, 5.41) is 15.8. The first kappa shape index (κ1) is 14.6. The number of rotatable bonds is 4. The van der Waals surface area contributed by atoms with Crippen molar-refractivity contribution >= 4 is 17.9 Å². The lowest BCUT2D eigenvalue weighted by Gasteiger charge is -2.33. The summed E-state index contributed by atoms with van der Waals surface area (Å²) in [7, 11) is 1.78. The van der Waals surface area contributed by atoms with Crippen molar-refractivity contribution in [2.75, 3.05) is 12.8 Å².